The third-order valence-electron chi connectivity index (χ3n) is 3.84. The third kappa shape index (κ3) is 2.16. The summed E-state index contributed by atoms with van der Waals surface area (Å²) in [5.41, 5.74) is 3.51. The number of nitrogens with one attached hydrogen (secondary N) is 1. The van der Waals surface area contributed by atoms with E-state index in [9.17, 15) is 4.79 Å². The minimum absolute atomic E-state index is 0.167. The lowest BCUT2D eigenvalue weighted by Crippen LogP contribution is -2.40. The van der Waals surface area contributed by atoms with Crippen LogP contribution >= 0.6 is 15.9 Å². The van der Waals surface area contributed by atoms with Crippen molar-refractivity contribution >= 4 is 27.4 Å². The molecule has 0 amide bonds. The fourth-order valence-corrected chi connectivity index (χ4v) is 3.38. The number of aryl methyl sites for hydroxylation is 1. The fraction of sp³-hybridized carbons (Fsp3) is 0.235. The highest BCUT2D eigenvalue weighted by molar-refractivity contribution is 9.10. The highest BCUT2D eigenvalue weighted by Crippen LogP contribution is 2.35. The summed E-state index contributed by atoms with van der Waals surface area (Å²) in [6.45, 7) is 4.03. The monoisotopic (exact) mass is 329 g/mol. The molecule has 1 atom stereocenters. The molecule has 2 aromatic rings. The maximum absolute atomic E-state index is 12.6. The van der Waals surface area contributed by atoms with Crippen LogP contribution in [0.1, 0.15) is 28.4 Å². The summed E-state index contributed by atoms with van der Waals surface area (Å²) < 4.78 is 1.06. The van der Waals surface area contributed by atoms with Crippen LogP contribution in [0.15, 0.2) is 46.9 Å². The Bertz CT molecular complexity index is 695. The van der Waals surface area contributed by atoms with Crippen molar-refractivity contribution in [2.75, 3.05) is 5.32 Å². The number of anilines is 1. The van der Waals surface area contributed by atoms with E-state index in [1.165, 1.54) is 5.56 Å². The number of para-hydroxylation sites is 1. The van der Waals surface area contributed by atoms with Crippen LogP contribution in [-0.4, -0.2) is 11.3 Å². The standard InChI is InChI=1S/C17H16BrNO/c1-11-7-8-12(14(18)9-11)10-17(2)16(20)13-5-3-4-6-15(13)19-17/h3-9,19H,10H2,1-2H3. The number of halogens is 1. The third-order valence-corrected chi connectivity index (χ3v) is 4.57. The van der Waals surface area contributed by atoms with Gasteiger partial charge in [0.15, 0.2) is 5.78 Å². The Hall–Kier alpha value is -1.61. The van der Waals surface area contributed by atoms with E-state index in [4.69, 9.17) is 0 Å². The quantitative estimate of drug-likeness (QED) is 0.886. The van der Waals surface area contributed by atoms with Gasteiger partial charge in [0.1, 0.15) is 5.54 Å². The van der Waals surface area contributed by atoms with Crippen molar-refractivity contribution in [3.05, 3.63) is 63.6 Å². The Kier molecular flexibility index (Phi) is 3.17. The first-order valence-corrected chi connectivity index (χ1v) is 7.46. The van der Waals surface area contributed by atoms with Crippen molar-refractivity contribution < 1.29 is 4.79 Å². The minimum Gasteiger partial charge on any atom is -0.372 e. The number of Topliss-reactive ketones (excluding diaryl/α,β-unsaturated/α-hetero) is 1. The van der Waals surface area contributed by atoms with Gasteiger partial charge >= 0.3 is 0 Å². The van der Waals surface area contributed by atoms with Crippen LogP contribution in [0.2, 0.25) is 0 Å². The van der Waals surface area contributed by atoms with Gasteiger partial charge in [0.2, 0.25) is 0 Å². The Balaban J connectivity index is 1.94. The molecule has 3 rings (SSSR count). The lowest BCUT2D eigenvalue weighted by Gasteiger charge is -2.24. The summed E-state index contributed by atoms with van der Waals surface area (Å²) in [5, 5.41) is 3.38. The molecule has 20 heavy (non-hydrogen) atoms. The molecule has 1 aliphatic rings. The van der Waals surface area contributed by atoms with E-state index in [-0.39, 0.29) is 5.78 Å². The summed E-state index contributed by atoms with van der Waals surface area (Å²) in [6.07, 6.45) is 0.668. The fourth-order valence-electron chi connectivity index (χ4n) is 2.74. The van der Waals surface area contributed by atoms with E-state index < -0.39 is 5.54 Å². The van der Waals surface area contributed by atoms with Gasteiger partial charge in [-0.15, -0.1) is 0 Å². The summed E-state index contributed by atoms with van der Waals surface area (Å²) in [7, 11) is 0. The molecule has 1 N–H and O–H groups in total. The normalized spacial score (nSPS) is 20.6. The van der Waals surface area contributed by atoms with E-state index >= 15 is 0 Å². The second-order valence-corrected chi connectivity index (χ2v) is 6.46. The summed E-state index contributed by atoms with van der Waals surface area (Å²) in [6, 6.07) is 14.0. The van der Waals surface area contributed by atoms with Crippen LogP contribution < -0.4 is 5.32 Å². The van der Waals surface area contributed by atoms with E-state index in [2.05, 4.69) is 46.4 Å². The molecular formula is C17H16BrNO. The van der Waals surface area contributed by atoms with Crippen LogP contribution in [0.5, 0.6) is 0 Å². The van der Waals surface area contributed by atoms with Crippen LogP contribution in [0.25, 0.3) is 0 Å². The highest BCUT2D eigenvalue weighted by atomic mass is 79.9. The first-order chi connectivity index (χ1) is 9.49. The van der Waals surface area contributed by atoms with Gasteiger partial charge in [-0.1, -0.05) is 40.2 Å². The molecule has 2 nitrogen and oxygen atoms in total. The molecule has 0 radical (unpaired) electrons. The molecule has 1 unspecified atom stereocenters. The van der Waals surface area contributed by atoms with Gasteiger partial charge in [-0.2, -0.15) is 0 Å². The van der Waals surface area contributed by atoms with E-state index in [1.54, 1.807) is 0 Å². The second kappa shape index (κ2) is 4.74. The largest absolute Gasteiger partial charge is 0.372 e. The highest BCUT2D eigenvalue weighted by Gasteiger charge is 2.41. The van der Waals surface area contributed by atoms with Crippen molar-refractivity contribution in [1.82, 2.24) is 0 Å². The van der Waals surface area contributed by atoms with Crippen LogP contribution in [0.3, 0.4) is 0 Å². The zero-order valence-corrected chi connectivity index (χ0v) is 13.1. The predicted octanol–water partition coefficient (Wildman–Crippen LogP) is 4.37. The maximum atomic E-state index is 12.6. The summed E-state index contributed by atoms with van der Waals surface area (Å²) in [4.78, 5) is 12.6. The van der Waals surface area contributed by atoms with Crippen molar-refractivity contribution in [1.29, 1.82) is 0 Å². The minimum atomic E-state index is -0.568. The Morgan fingerprint density at radius 1 is 1.20 bits per heavy atom. The number of benzene rings is 2. The maximum Gasteiger partial charge on any atom is 0.190 e. The summed E-state index contributed by atoms with van der Waals surface area (Å²) in [5.74, 6) is 0.167. The van der Waals surface area contributed by atoms with Gasteiger partial charge in [-0.25, -0.2) is 0 Å². The second-order valence-electron chi connectivity index (χ2n) is 5.60. The van der Waals surface area contributed by atoms with Gasteiger partial charge in [0.05, 0.1) is 0 Å². The van der Waals surface area contributed by atoms with Gasteiger partial charge in [-0.05, 0) is 43.2 Å². The smallest absolute Gasteiger partial charge is 0.190 e. The first-order valence-electron chi connectivity index (χ1n) is 6.67. The van der Waals surface area contributed by atoms with Gasteiger partial charge < -0.3 is 5.32 Å². The molecule has 2 aromatic carbocycles. The summed E-state index contributed by atoms with van der Waals surface area (Å²) >= 11 is 3.59. The number of hydrogen-bond donors (Lipinski definition) is 1. The molecule has 0 spiro atoms. The van der Waals surface area contributed by atoms with Crippen LogP contribution in [0, 0.1) is 6.92 Å². The number of hydrogen-bond acceptors (Lipinski definition) is 2. The number of carbonyl (C=O) groups excluding carboxylic acids is 1. The van der Waals surface area contributed by atoms with E-state index in [0.29, 0.717) is 6.42 Å². The van der Waals surface area contributed by atoms with Crippen molar-refractivity contribution in [3.63, 3.8) is 0 Å². The molecule has 0 bridgehead atoms. The van der Waals surface area contributed by atoms with E-state index in [1.807, 2.05) is 31.2 Å². The van der Waals surface area contributed by atoms with Crippen molar-refractivity contribution in [2.45, 2.75) is 25.8 Å². The zero-order chi connectivity index (χ0) is 14.3. The Labute approximate surface area is 127 Å². The van der Waals surface area contributed by atoms with Crippen LogP contribution in [0.4, 0.5) is 5.69 Å². The molecule has 0 aliphatic carbocycles. The molecule has 0 fully saturated rings. The van der Waals surface area contributed by atoms with Gasteiger partial charge in [0.25, 0.3) is 0 Å². The Morgan fingerprint density at radius 3 is 2.65 bits per heavy atom. The molecule has 0 saturated carbocycles. The van der Waals surface area contributed by atoms with Crippen molar-refractivity contribution in [3.8, 4) is 0 Å². The number of ketones is 1. The average molecular weight is 330 g/mol. The zero-order valence-electron chi connectivity index (χ0n) is 11.5. The average Bonchev–Trinajstić information content (AvgIpc) is 2.66. The van der Waals surface area contributed by atoms with Gasteiger partial charge in [0, 0.05) is 22.1 Å². The molecule has 102 valence electrons. The number of rotatable bonds is 2. The molecular weight excluding hydrogens is 314 g/mol. The van der Waals surface area contributed by atoms with E-state index in [0.717, 1.165) is 21.3 Å². The molecule has 1 aliphatic heterocycles. The molecule has 0 aromatic heterocycles. The SMILES string of the molecule is Cc1ccc(CC2(C)Nc3ccccc3C2=O)c(Br)c1. The lowest BCUT2D eigenvalue weighted by molar-refractivity contribution is 0.0929. The number of carbonyl (C=O) groups is 1. The predicted molar refractivity (Wildman–Crippen MR) is 85.4 cm³/mol. The molecule has 1 heterocycles. The van der Waals surface area contributed by atoms with Crippen LogP contribution in [-0.2, 0) is 6.42 Å². The van der Waals surface area contributed by atoms with Crippen molar-refractivity contribution in [2.24, 2.45) is 0 Å². The molecule has 3 heteroatoms. The van der Waals surface area contributed by atoms with Gasteiger partial charge in [-0.3, -0.25) is 4.79 Å². The number of fused-ring (bicyclic) bond motifs is 1. The topological polar surface area (TPSA) is 29.1 Å². The Morgan fingerprint density at radius 2 is 1.95 bits per heavy atom. The molecule has 0 saturated heterocycles. The lowest BCUT2D eigenvalue weighted by atomic mass is 9.88. The first kappa shape index (κ1) is 13.4.